The van der Waals surface area contributed by atoms with E-state index in [1.165, 1.54) is 24.0 Å². The van der Waals surface area contributed by atoms with E-state index >= 15 is 0 Å². The third-order valence-electron chi connectivity index (χ3n) is 5.15. The van der Waals surface area contributed by atoms with Gasteiger partial charge in [0.2, 0.25) is 0 Å². The number of fused-ring (bicyclic) bond motifs is 1. The van der Waals surface area contributed by atoms with E-state index in [1.807, 2.05) is 17.8 Å². The second-order valence-electron chi connectivity index (χ2n) is 7.23. The van der Waals surface area contributed by atoms with Crippen LogP contribution in [-0.2, 0) is 16.0 Å². The van der Waals surface area contributed by atoms with Gasteiger partial charge in [-0.2, -0.15) is 5.10 Å². The number of ether oxygens (including phenoxy) is 1. The number of hydrogen-bond donors (Lipinski definition) is 1. The molecule has 4 rings (SSSR count). The summed E-state index contributed by atoms with van der Waals surface area (Å²) < 4.78 is 7.49. The van der Waals surface area contributed by atoms with Crippen LogP contribution in [0.3, 0.4) is 0 Å². The molecule has 25 heavy (non-hydrogen) atoms. The highest BCUT2D eigenvalue weighted by molar-refractivity contribution is 5.91. The summed E-state index contributed by atoms with van der Waals surface area (Å²) >= 11 is 0. The molecule has 1 amide bonds. The van der Waals surface area contributed by atoms with Crippen LogP contribution >= 0.6 is 0 Å². The molecular weight excluding hydrogens is 314 g/mol. The fourth-order valence-corrected chi connectivity index (χ4v) is 3.59. The first-order chi connectivity index (χ1) is 12.2. The number of nitrogens with one attached hydrogen (secondary N) is 1. The monoisotopic (exact) mass is 339 g/mol. The third kappa shape index (κ3) is 3.61. The molecule has 1 aromatic heterocycles. The summed E-state index contributed by atoms with van der Waals surface area (Å²) in [4.78, 5) is 12.3. The summed E-state index contributed by atoms with van der Waals surface area (Å²) in [7, 11) is 0. The fourth-order valence-electron chi connectivity index (χ4n) is 3.59. The first-order valence-corrected chi connectivity index (χ1v) is 9.22. The van der Waals surface area contributed by atoms with E-state index in [0.717, 1.165) is 30.6 Å². The molecule has 0 spiro atoms. The van der Waals surface area contributed by atoms with Crippen LogP contribution in [0.5, 0.6) is 0 Å². The van der Waals surface area contributed by atoms with Gasteiger partial charge in [-0.3, -0.25) is 4.79 Å². The number of aromatic nitrogens is 2. The predicted molar refractivity (Wildman–Crippen MR) is 96.7 cm³/mol. The first kappa shape index (κ1) is 16.3. The molecule has 1 fully saturated rings. The molecule has 2 aromatic rings. The van der Waals surface area contributed by atoms with Gasteiger partial charge >= 0.3 is 0 Å². The molecule has 0 bridgehead atoms. The molecule has 1 aromatic carbocycles. The minimum absolute atomic E-state index is 0.102. The number of benzene rings is 1. The Bertz CT molecular complexity index is 764. The molecular formula is C20H25N3O2. The number of rotatable bonds is 6. The molecule has 1 atom stereocenters. The summed E-state index contributed by atoms with van der Waals surface area (Å²) in [6.07, 6.45) is 7.59. The first-order valence-electron chi connectivity index (χ1n) is 9.22. The zero-order valence-corrected chi connectivity index (χ0v) is 14.7. The number of aryl methyl sites for hydroxylation is 2. The number of hydrogen-bond acceptors (Lipinski definition) is 3. The maximum absolute atomic E-state index is 12.3. The van der Waals surface area contributed by atoms with Gasteiger partial charge in [-0.15, -0.1) is 0 Å². The van der Waals surface area contributed by atoms with Gasteiger partial charge < -0.3 is 10.1 Å². The lowest BCUT2D eigenvalue weighted by atomic mass is 9.88. The van der Waals surface area contributed by atoms with Gasteiger partial charge in [-0.1, -0.05) is 24.3 Å². The number of carbonyl (C=O) groups excluding carboxylic acids is 1. The SMILES string of the molecule is Cc1cnn([C@@H]2CCCc3ccccc32)c1NC(=O)COCC1CC1. The van der Waals surface area contributed by atoms with Gasteiger partial charge in [0, 0.05) is 5.56 Å². The van der Waals surface area contributed by atoms with Crippen LogP contribution in [0.4, 0.5) is 5.82 Å². The maximum atomic E-state index is 12.3. The van der Waals surface area contributed by atoms with E-state index in [1.54, 1.807) is 0 Å². The largest absolute Gasteiger partial charge is 0.371 e. The smallest absolute Gasteiger partial charge is 0.251 e. The van der Waals surface area contributed by atoms with Crippen LogP contribution in [-0.4, -0.2) is 28.9 Å². The third-order valence-corrected chi connectivity index (χ3v) is 5.15. The van der Waals surface area contributed by atoms with Crippen LogP contribution in [0.25, 0.3) is 0 Å². The number of anilines is 1. The Kier molecular flexibility index (Phi) is 4.57. The Morgan fingerprint density at radius 1 is 1.32 bits per heavy atom. The van der Waals surface area contributed by atoms with E-state index in [9.17, 15) is 4.79 Å². The normalized spacial score (nSPS) is 19.5. The van der Waals surface area contributed by atoms with Gasteiger partial charge in [0.05, 0.1) is 18.8 Å². The number of carbonyl (C=O) groups is 1. The van der Waals surface area contributed by atoms with Gasteiger partial charge in [-0.05, 0) is 56.1 Å². The van der Waals surface area contributed by atoms with Crippen molar-refractivity contribution in [2.75, 3.05) is 18.5 Å². The van der Waals surface area contributed by atoms with Crippen LogP contribution in [0.15, 0.2) is 30.5 Å². The molecule has 0 unspecified atom stereocenters. The second-order valence-corrected chi connectivity index (χ2v) is 7.23. The Hall–Kier alpha value is -2.14. The minimum Gasteiger partial charge on any atom is -0.371 e. The van der Waals surface area contributed by atoms with E-state index < -0.39 is 0 Å². The molecule has 0 saturated heterocycles. The summed E-state index contributed by atoms with van der Waals surface area (Å²) in [6, 6.07) is 8.73. The van der Waals surface area contributed by atoms with E-state index in [-0.39, 0.29) is 18.6 Å². The van der Waals surface area contributed by atoms with Crippen molar-refractivity contribution in [1.82, 2.24) is 9.78 Å². The molecule has 132 valence electrons. The standard InChI is InChI=1S/C20H25N3O2/c1-14-11-21-23(18-8-4-6-16-5-2-3-7-17(16)18)20(14)22-19(24)13-25-12-15-9-10-15/h2-3,5,7,11,15,18H,4,6,8-10,12-13H2,1H3,(H,22,24)/t18-/m1/s1. The summed E-state index contributed by atoms with van der Waals surface area (Å²) in [5, 5.41) is 7.59. The Labute approximate surface area is 148 Å². The Morgan fingerprint density at radius 2 is 2.16 bits per heavy atom. The van der Waals surface area contributed by atoms with E-state index in [4.69, 9.17) is 4.74 Å². The maximum Gasteiger partial charge on any atom is 0.251 e. The Balaban J connectivity index is 1.50. The molecule has 1 N–H and O–H groups in total. The highest BCUT2D eigenvalue weighted by Crippen LogP contribution is 2.35. The van der Waals surface area contributed by atoms with Crippen LogP contribution < -0.4 is 5.32 Å². The van der Waals surface area contributed by atoms with Crippen LogP contribution in [0, 0.1) is 12.8 Å². The van der Waals surface area contributed by atoms with Gasteiger partial charge in [0.15, 0.2) is 0 Å². The van der Waals surface area contributed by atoms with E-state index in [2.05, 4.69) is 34.7 Å². The van der Waals surface area contributed by atoms with Crippen molar-refractivity contribution in [2.24, 2.45) is 5.92 Å². The van der Waals surface area contributed by atoms with Crippen molar-refractivity contribution >= 4 is 11.7 Å². The zero-order valence-electron chi connectivity index (χ0n) is 14.7. The molecule has 1 saturated carbocycles. The van der Waals surface area contributed by atoms with Gasteiger partial charge in [0.25, 0.3) is 5.91 Å². The van der Waals surface area contributed by atoms with E-state index in [0.29, 0.717) is 12.5 Å². The van der Waals surface area contributed by atoms with Crippen molar-refractivity contribution < 1.29 is 9.53 Å². The van der Waals surface area contributed by atoms with Crippen LogP contribution in [0.2, 0.25) is 0 Å². The average molecular weight is 339 g/mol. The topological polar surface area (TPSA) is 56.2 Å². The van der Waals surface area contributed by atoms with Gasteiger partial charge in [0.1, 0.15) is 12.4 Å². The number of nitrogens with zero attached hydrogens (tertiary/aromatic N) is 2. The average Bonchev–Trinajstić information content (AvgIpc) is 3.38. The lowest BCUT2D eigenvalue weighted by Crippen LogP contribution is -2.25. The van der Waals surface area contributed by atoms with Crippen molar-refractivity contribution in [3.63, 3.8) is 0 Å². The molecule has 1 heterocycles. The van der Waals surface area contributed by atoms with Crippen molar-refractivity contribution in [3.05, 3.63) is 47.2 Å². The van der Waals surface area contributed by atoms with Crippen molar-refractivity contribution in [1.29, 1.82) is 0 Å². The van der Waals surface area contributed by atoms with Crippen LogP contribution in [0.1, 0.15) is 48.4 Å². The fraction of sp³-hybridized carbons (Fsp3) is 0.500. The lowest BCUT2D eigenvalue weighted by molar-refractivity contribution is -0.120. The highest BCUT2D eigenvalue weighted by atomic mass is 16.5. The summed E-state index contributed by atoms with van der Waals surface area (Å²) in [5.74, 6) is 1.36. The lowest BCUT2D eigenvalue weighted by Gasteiger charge is -2.27. The highest BCUT2D eigenvalue weighted by Gasteiger charge is 2.25. The molecule has 5 nitrogen and oxygen atoms in total. The Morgan fingerprint density at radius 3 is 3.00 bits per heavy atom. The summed E-state index contributed by atoms with van der Waals surface area (Å²) in [5.41, 5.74) is 3.69. The molecule has 0 aliphatic heterocycles. The zero-order chi connectivity index (χ0) is 17.2. The minimum atomic E-state index is -0.102. The molecule has 2 aliphatic rings. The quantitative estimate of drug-likeness (QED) is 0.876. The van der Waals surface area contributed by atoms with Crippen molar-refractivity contribution in [3.8, 4) is 0 Å². The van der Waals surface area contributed by atoms with Gasteiger partial charge in [-0.25, -0.2) is 4.68 Å². The summed E-state index contributed by atoms with van der Waals surface area (Å²) in [6.45, 7) is 2.79. The number of amides is 1. The predicted octanol–water partition coefficient (Wildman–Crippen LogP) is 3.48. The molecule has 0 radical (unpaired) electrons. The van der Waals surface area contributed by atoms with Crippen molar-refractivity contribution in [2.45, 2.75) is 45.1 Å². The molecule has 2 aliphatic carbocycles. The molecule has 5 heteroatoms. The second kappa shape index (κ2) is 7.00.